The first kappa shape index (κ1) is 20.0. The van der Waals surface area contributed by atoms with Crippen LogP contribution in [0.1, 0.15) is 21.5 Å². The van der Waals surface area contributed by atoms with E-state index in [0.717, 1.165) is 15.6 Å². The molecule has 3 aromatic carbocycles. The van der Waals surface area contributed by atoms with Gasteiger partial charge in [0.05, 0.1) is 0 Å². The first-order valence-electron chi connectivity index (χ1n) is 8.43. The van der Waals surface area contributed by atoms with Gasteiger partial charge >= 0.3 is 10.1 Å². The van der Waals surface area contributed by atoms with Gasteiger partial charge in [-0.1, -0.05) is 51.8 Å². The van der Waals surface area contributed by atoms with Crippen LogP contribution >= 0.6 is 15.9 Å². The summed E-state index contributed by atoms with van der Waals surface area (Å²) < 4.78 is 30.7. The van der Waals surface area contributed by atoms with Crippen LogP contribution in [0.15, 0.2) is 88.2 Å². The lowest BCUT2D eigenvalue weighted by atomic mass is 10.1. The molecule has 0 amide bonds. The molecule has 3 rings (SSSR count). The largest absolute Gasteiger partial charge is 0.379 e. The Labute approximate surface area is 172 Å². The number of allylic oxidation sites excluding steroid dienone is 1. The maximum absolute atomic E-state index is 12.3. The Balaban J connectivity index is 1.68. The van der Waals surface area contributed by atoms with Gasteiger partial charge in [-0.15, -0.1) is 0 Å². The quantitative estimate of drug-likeness (QED) is 0.282. The summed E-state index contributed by atoms with van der Waals surface area (Å²) in [4.78, 5) is 12.3. The van der Waals surface area contributed by atoms with Gasteiger partial charge in [0.25, 0.3) is 0 Å². The van der Waals surface area contributed by atoms with Crippen molar-refractivity contribution >= 4 is 37.9 Å². The first-order valence-corrected chi connectivity index (χ1v) is 10.6. The third-order valence-corrected chi connectivity index (χ3v) is 5.74. The van der Waals surface area contributed by atoms with E-state index in [1.54, 1.807) is 54.6 Å². The van der Waals surface area contributed by atoms with E-state index in [2.05, 4.69) is 15.9 Å². The monoisotopic (exact) mass is 456 g/mol. The molecule has 0 saturated carbocycles. The van der Waals surface area contributed by atoms with Crippen molar-refractivity contribution in [2.75, 3.05) is 0 Å². The number of aryl methyl sites for hydroxylation is 1. The Morgan fingerprint density at radius 3 is 2.11 bits per heavy atom. The fourth-order valence-corrected chi connectivity index (χ4v) is 3.59. The number of carbonyl (C=O) groups is 1. The number of hydrogen-bond acceptors (Lipinski definition) is 4. The number of rotatable bonds is 6. The molecule has 0 radical (unpaired) electrons. The Hall–Kier alpha value is -2.70. The number of hydrogen-bond donors (Lipinski definition) is 0. The van der Waals surface area contributed by atoms with E-state index < -0.39 is 10.1 Å². The fourth-order valence-electron chi connectivity index (χ4n) is 2.40. The molecule has 0 aromatic heterocycles. The molecule has 0 aliphatic carbocycles. The molecule has 0 fully saturated rings. The van der Waals surface area contributed by atoms with Gasteiger partial charge in [-0.3, -0.25) is 4.79 Å². The molecule has 0 atom stereocenters. The van der Waals surface area contributed by atoms with Crippen LogP contribution in [0.25, 0.3) is 6.08 Å². The molecule has 6 heteroatoms. The summed E-state index contributed by atoms with van der Waals surface area (Å²) in [7, 11) is -3.88. The van der Waals surface area contributed by atoms with Gasteiger partial charge < -0.3 is 4.18 Å². The van der Waals surface area contributed by atoms with Crippen molar-refractivity contribution in [2.24, 2.45) is 0 Å². The van der Waals surface area contributed by atoms with E-state index >= 15 is 0 Å². The van der Waals surface area contributed by atoms with Crippen LogP contribution in [0.4, 0.5) is 0 Å². The fraction of sp³-hybridized carbons (Fsp3) is 0.0455. The second-order valence-corrected chi connectivity index (χ2v) is 8.59. The Morgan fingerprint density at radius 1 is 0.893 bits per heavy atom. The zero-order valence-corrected chi connectivity index (χ0v) is 17.4. The van der Waals surface area contributed by atoms with Crippen LogP contribution in [0.2, 0.25) is 0 Å². The van der Waals surface area contributed by atoms with Crippen LogP contribution in [0, 0.1) is 6.92 Å². The van der Waals surface area contributed by atoms with Gasteiger partial charge in [0, 0.05) is 10.0 Å². The van der Waals surface area contributed by atoms with Crippen molar-refractivity contribution in [3.8, 4) is 5.75 Å². The highest BCUT2D eigenvalue weighted by molar-refractivity contribution is 9.10. The summed E-state index contributed by atoms with van der Waals surface area (Å²) in [6.45, 7) is 1.88. The van der Waals surface area contributed by atoms with Gasteiger partial charge in [-0.2, -0.15) is 8.42 Å². The number of benzene rings is 3. The number of halogens is 1. The lowest BCUT2D eigenvalue weighted by Gasteiger charge is -2.07. The number of ketones is 1. The molecule has 0 heterocycles. The summed E-state index contributed by atoms with van der Waals surface area (Å²) in [6, 6.07) is 20.0. The van der Waals surface area contributed by atoms with Crippen LogP contribution < -0.4 is 4.18 Å². The Bertz CT molecular complexity index is 1100. The van der Waals surface area contributed by atoms with Crippen molar-refractivity contribution in [1.82, 2.24) is 0 Å². The summed E-state index contributed by atoms with van der Waals surface area (Å²) in [5.41, 5.74) is 2.31. The molecule has 0 aliphatic heterocycles. The van der Waals surface area contributed by atoms with E-state index in [0.29, 0.717) is 5.56 Å². The van der Waals surface area contributed by atoms with Crippen LogP contribution in [-0.4, -0.2) is 14.2 Å². The Kier molecular flexibility index (Phi) is 6.11. The summed E-state index contributed by atoms with van der Waals surface area (Å²) >= 11 is 3.33. The van der Waals surface area contributed by atoms with Gasteiger partial charge in [0.2, 0.25) is 0 Å². The predicted octanol–water partition coefficient (Wildman–Crippen LogP) is 5.42. The molecule has 3 aromatic rings. The topological polar surface area (TPSA) is 60.4 Å². The van der Waals surface area contributed by atoms with Gasteiger partial charge in [0.15, 0.2) is 5.78 Å². The van der Waals surface area contributed by atoms with Crippen molar-refractivity contribution in [2.45, 2.75) is 11.8 Å². The number of carbonyl (C=O) groups excluding carboxylic acids is 1. The molecule has 0 N–H and O–H groups in total. The Morgan fingerprint density at radius 2 is 1.50 bits per heavy atom. The van der Waals surface area contributed by atoms with Crippen LogP contribution in [0.5, 0.6) is 5.75 Å². The van der Waals surface area contributed by atoms with Crippen LogP contribution in [-0.2, 0) is 10.1 Å². The van der Waals surface area contributed by atoms with Gasteiger partial charge in [-0.05, 0) is 67.1 Å². The summed E-state index contributed by atoms with van der Waals surface area (Å²) in [5.74, 6) is 0.0896. The van der Waals surface area contributed by atoms with Crippen molar-refractivity contribution in [1.29, 1.82) is 0 Å². The molecule has 28 heavy (non-hydrogen) atoms. The smallest absolute Gasteiger partial charge is 0.339 e. The maximum atomic E-state index is 12.3. The summed E-state index contributed by atoms with van der Waals surface area (Å²) in [6.07, 6.45) is 3.14. The second kappa shape index (κ2) is 8.54. The van der Waals surface area contributed by atoms with E-state index in [-0.39, 0.29) is 16.4 Å². The van der Waals surface area contributed by atoms with Gasteiger partial charge in [0.1, 0.15) is 10.6 Å². The minimum absolute atomic E-state index is 0.0992. The van der Waals surface area contributed by atoms with E-state index in [4.69, 9.17) is 4.18 Å². The highest BCUT2D eigenvalue weighted by atomic mass is 79.9. The molecule has 0 bridgehead atoms. The average Bonchev–Trinajstić information content (AvgIpc) is 2.68. The predicted molar refractivity (Wildman–Crippen MR) is 113 cm³/mol. The SMILES string of the molecule is Cc1ccc(S(=O)(=O)Oc2ccc(/C=C/C(=O)c3ccc(Br)cc3)cc2)cc1. The molecule has 0 aliphatic rings. The van der Waals surface area contributed by atoms with E-state index in [9.17, 15) is 13.2 Å². The standard InChI is InChI=1S/C22H17BrO4S/c1-16-2-13-21(14-3-16)28(25,26)27-20-11-4-17(5-12-20)6-15-22(24)18-7-9-19(23)10-8-18/h2-15H,1H3/b15-6+. The first-order chi connectivity index (χ1) is 13.3. The maximum Gasteiger partial charge on any atom is 0.339 e. The molecular formula is C22H17BrO4S. The molecule has 0 saturated heterocycles. The minimum Gasteiger partial charge on any atom is -0.379 e. The lowest BCUT2D eigenvalue weighted by Crippen LogP contribution is -2.09. The van der Waals surface area contributed by atoms with Gasteiger partial charge in [-0.25, -0.2) is 0 Å². The highest BCUT2D eigenvalue weighted by Crippen LogP contribution is 2.20. The van der Waals surface area contributed by atoms with E-state index in [1.807, 2.05) is 19.1 Å². The lowest BCUT2D eigenvalue weighted by molar-refractivity contribution is 0.104. The molecule has 142 valence electrons. The third kappa shape index (κ3) is 5.18. The van der Waals surface area contributed by atoms with Crippen molar-refractivity contribution in [3.05, 3.63) is 100 Å². The van der Waals surface area contributed by atoms with Crippen molar-refractivity contribution in [3.63, 3.8) is 0 Å². The molecular weight excluding hydrogens is 440 g/mol. The normalized spacial score (nSPS) is 11.5. The summed E-state index contributed by atoms with van der Waals surface area (Å²) in [5, 5.41) is 0. The average molecular weight is 457 g/mol. The highest BCUT2D eigenvalue weighted by Gasteiger charge is 2.16. The minimum atomic E-state index is -3.88. The third-order valence-electron chi connectivity index (χ3n) is 3.95. The molecule has 0 unspecified atom stereocenters. The van der Waals surface area contributed by atoms with E-state index in [1.165, 1.54) is 18.2 Å². The van der Waals surface area contributed by atoms with Crippen LogP contribution in [0.3, 0.4) is 0 Å². The second-order valence-electron chi connectivity index (χ2n) is 6.12. The molecule has 0 spiro atoms. The zero-order chi connectivity index (χ0) is 20.1. The zero-order valence-electron chi connectivity index (χ0n) is 15.0. The van der Waals surface area contributed by atoms with Crippen molar-refractivity contribution < 1.29 is 17.4 Å². The molecule has 4 nitrogen and oxygen atoms in total.